The smallest absolute Gasteiger partial charge is 0.265 e. The lowest BCUT2D eigenvalue weighted by molar-refractivity contribution is -0.122. The largest absolute Gasteiger partial charge is 0.481 e. The van der Waals surface area contributed by atoms with Crippen LogP contribution in [-0.4, -0.2) is 12.0 Å². The lowest BCUT2D eigenvalue weighted by Gasteiger charge is -2.19. The van der Waals surface area contributed by atoms with Gasteiger partial charge in [0, 0.05) is 5.69 Å². The molecule has 0 aliphatic rings. The van der Waals surface area contributed by atoms with E-state index >= 15 is 0 Å². The number of anilines is 1. The van der Waals surface area contributed by atoms with E-state index in [1.54, 1.807) is 0 Å². The number of ether oxygens (including phenoxy) is 1. The molecule has 0 saturated carbocycles. The quantitative estimate of drug-likeness (QED) is 0.888. The van der Waals surface area contributed by atoms with Crippen LogP contribution in [0.4, 0.5) is 5.69 Å². The first-order valence-corrected chi connectivity index (χ1v) is 7.61. The molecule has 0 aromatic heterocycles. The number of rotatable bonds is 5. The molecule has 2 aromatic carbocycles. The van der Waals surface area contributed by atoms with Crippen LogP contribution in [0.3, 0.4) is 0 Å². The van der Waals surface area contributed by atoms with Gasteiger partial charge in [-0.05, 0) is 50.5 Å². The fraction of sp³-hybridized carbons (Fsp3) is 0.316. The lowest BCUT2D eigenvalue weighted by atomic mass is 10.1. The van der Waals surface area contributed by atoms with Crippen LogP contribution in [0.2, 0.25) is 0 Å². The SMILES string of the molecule is CC[C@H](Oc1ccc(C)cc1)C(=O)Nc1c(C)cccc1C. The Morgan fingerprint density at radius 3 is 2.18 bits per heavy atom. The molecule has 116 valence electrons. The van der Waals surface area contributed by atoms with Gasteiger partial charge < -0.3 is 10.1 Å². The van der Waals surface area contributed by atoms with E-state index in [0.717, 1.165) is 16.8 Å². The van der Waals surface area contributed by atoms with Gasteiger partial charge in [-0.15, -0.1) is 0 Å². The fourth-order valence-corrected chi connectivity index (χ4v) is 2.32. The molecule has 0 heterocycles. The van der Waals surface area contributed by atoms with E-state index in [1.807, 2.05) is 70.2 Å². The molecule has 0 unspecified atom stereocenters. The molecule has 0 aliphatic heterocycles. The molecule has 0 spiro atoms. The molecule has 2 aromatic rings. The van der Waals surface area contributed by atoms with Crippen molar-refractivity contribution in [3.63, 3.8) is 0 Å². The van der Waals surface area contributed by atoms with Gasteiger partial charge in [-0.3, -0.25) is 4.79 Å². The van der Waals surface area contributed by atoms with Gasteiger partial charge in [-0.1, -0.05) is 42.8 Å². The van der Waals surface area contributed by atoms with Gasteiger partial charge in [-0.2, -0.15) is 0 Å². The van der Waals surface area contributed by atoms with Crippen LogP contribution in [0.1, 0.15) is 30.0 Å². The Labute approximate surface area is 132 Å². The third kappa shape index (κ3) is 3.88. The highest BCUT2D eigenvalue weighted by Crippen LogP contribution is 2.21. The molecule has 0 aliphatic carbocycles. The summed E-state index contributed by atoms with van der Waals surface area (Å²) in [7, 11) is 0. The van der Waals surface area contributed by atoms with Gasteiger partial charge in [0.25, 0.3) is 5.91 Å². The molecular weight excluding hydrogens is 274 g/mol. The van der Waals surface area contributed by atoms with Crippen LogP contribution < -0.4 is 10.1 Å². The van der Waals surface area contributed by atoms with E-state index < -0.39 is 6.10 Å². The van der Waals surface area contributed by atoms with Crippen LogP contribution in [0.25, 0.3) is 0 Å². The third-order valence-corrected chi connectivity index (χ3v) is 3.69. The van der Waals surface area contributed by atoms with E-state index in [-0.39, 0.29) is 5.91 Å². The van der Waals surface area contributed by atoms with Gasteiger partial charge >= 0.3 is 0 Å². The van der Waals surface area contributed by atoms with E-state index in [9.17, 15) is 4.79 Å². The van der Waals surface area contributed by atoms with Gasteiger partial charge in [0.1, 0.15) is 5.75 Å². The second kappa shape index (κ2) is 7.12. The highest BCUT2D eigenvalue weighted by atomic mass is 16.5. The number of amides is 1. The summed E-state index contributed by atoms with van der Waals surface area (Å²) in [6.45, 7) is 7.95. The van der Waals surface area contributed by atoms with Crippen molar-refractivity contribution in [2.45, 2.75) is 40.2 Å². The Bertz CT molecular complexity index is 627. The number of carbonyl (C=O) groups is 1. The minimum absolute atomic E-state index is 0.111. The molecule has 0 radical (unpaired) electrons. The molecule has 3 nitrogen and oxygen atoms in total. The molecular formula is C19H23NO2. The van der Waals surface area contributed by atoms with E-state index in [0.29, 0.717) is 12.2 Å². The Morgan fingerprint density at radius 1 is 1.05 bits per heavy atom. The number of hydrogen-bond acceptors (Lipinski definition) is 2. The second-order valence-corrected chi connectivity index (χ2v) is 5.58. The summed E-state index contributed by atoms with van der Waals surface area (Å²) in [5.74, 6) is 0.606. The maximum absolute atomic E-state index is 12.5. The maximum atomic E-state index is 12.5. The summed E-state index contributed by atoms with van der Waals surface area (Å²) in [4.78, 5) is 12.5. The van der Waals surface area contributed by atoms with Crippen molar-refractivity contribution >= 4 is 11.6 Å². The lowest BCUT2D eigenvalue weighted by Crippen LogP contribution is -2.32. The van der Waals surface area contributed by atoms with Crippen molar-refractivity contribution in [2.24, 2.45) is 0 Å². The summed E-state index contributed by atoms with van der Waals surface area (Å²) in [6, 6.07) is 13.7. The highest BCUT2D eigenvalue weighted by Gasteiger charge is 2.19. The summed E-state index contributed by atoms with van der Waals surface area (Å²) in [5, 5.41) is 3.00. The number of nitrogens with one attached hydrogen (secondary N) is 1. The van der Waals surface area contributed by atoms with Crippen molar-refractivity contribution in [1.82, 2.24) is 0 Å². The predicted octanol–water partition coefficient (Wildman–Crippen LogP) is 4.41. The number of para-hydroxylation sites is 1. The Morgan fingerprint density at radius 2 is 1.64 bits per heavy atom. The van der Waals surface area contributed by atoms with Crippen LogP contribution in [0, 0.1) is 20.8 Å². The molecule has 1 amide bonds. The average molecular weight is 297 g/mol. The third-order valence-electron chi connectivity index (χ3n) is 3.69. The first kappa shape index (κ1) is 16.1. The first-order chi connectivity index (χ1) is 10.5. The molecule has 22 heavy (non-hydrogen) atoms. The number of hydrogen-bond donors (Lipinski definition) is 1. The molecule has 1 atom stereocenters. The zero-order valence-electron chi connectivity index (χ0n) is 13.6. The second-order valence-electron chi connectivity index (χ2n) is 5.58. The monoisotopic (exact) mass is 297 g/mol. The molecule has 3 heteroatoms. The van der Waals surface area contributed by atoms with Crippen LogP contribution in [-0.2, 0) is 4.79 Å². The Balaban J connectivity index is 2.10. The molecule has 0 fully saturated rings. The van der Waals surface area contributed by atoms with Gasteiger partial charge in [0.05, 0.1) is 0 Å². The highest BCUT2D eigenvalue weighted by molar-refractivity contribution is 5.95. The number of carbonyl (C=O) groups excluding carboxylic acids is 1. The normalized spacial score (nSPS) is 11.8. The summed E-state index contributed by atoms with van der Waals surface area (Å²) < 4.78 is 5.82. The van der Waals surface area contributed by atoms with Crippen molar-refractivity contribution in [3.05, 3.63) is 59.2 Å². The number of aryl methyl sites for hydroxylation is 3. The molecule has 0 saturated heterocycles. The van der Waals surface area contributed by atoms with Gasteiger partial charge in [0.15, 0.2) is 6.10 Å². The van der Waals surface area contributed by atoms with Crippen LogP contribution in [0.5, 0.6) is 5.75 Å². The zero-order valence-corrected chi connectivity index (χ0v) is 13.6. The zero-order chi connectivity index (χ0) is 16.1. The topological polar surface area (TPSA) is 38.3 Å². The standard InChI is InChI=1S/C19H23NO2/c1-5-17(22-16-11-9-13(2)10-12-16)19(21)20-18-14(3)7-6-8-15(18)4/h6-12,17H,5H2,1-4H3,(H,20,21)/t17-/m0/s1. The van der Waals surface area contributed by atoms with Crippen molar-refractivity contribution in [2.75, 3.05) is 5.32 Å². The Kier molecular flexibility index (Phi) is 5.21. The van der Waals surface area contributed by atoms with E-state index in [1.165, 1.54) is 5.56 Å². The van der Waals surface area contributed by atoms with E-state index in [4.69, 9.17) is 4.74 Å². The average Bonchev–Trinajstić information content (AvgIpc) is 2.50. The van der Waals surface area contributed by atoms with Crippen LogP contribution in [0.15, 0.2) is 42.5 Å². The molecule has 2 rings (SSSR count). The maximum Gasteiger partial charge on any atom is 0.265 e. The van der Waals surface area contributed by atoms with Crippen LogP contribution >= 0.6 is 0 Å². The fourth-order valence-electron chi connectivity index (χ4n) is 2.32. The summed E-state index contributed by atoms with van der Waals surface area (Å²) in [5.41, 5.74) is 4.15. The van der Waals surface area contributed by atoms with Crippen molar-refractivity contribution in [1.29, 1.82) is 0 Å². The van der Waals surface area contributed by atoms with Crippen molar-refractivity contribution < 1.29 is 9.53 Å². The summed E-state index contributed by atoms with van der Waals surface area (Å²) in [6.07, 6.45) is 0.117. The first-order valence-electron chi connectivity index (χ1n) is 7.61. The van der Waals surface area contributed by atoms with Gasteiger partial charge in [0.2, 0.25) is 0 Å². The summed E-state index contributed by atoms with van der Waals surface area (Å²) >= 11 is 0. The Hall–Kier alpha value is -2.29. The minimum atomic E-state index is -0.498. The van der Waals surface area contributed by atoms with Gasteiger partial charge in [-0.25, -0.2) is 0 Å². The minimum Gasteiger partial charge on any atom is -0.481 e. The molecule has 1 N–H and O–H groups in total. The molecule has 0 bridgehead atoms. The predicted molar refractivity (Wildman–Crippen MR) is 90.4 cm³/mol. The van der Waals surface area contributed by atoms with Crippen molar-refractivity contribution in [3.8, 4) is 5.75 Å². The number of benzene rings is 2. The van der Waals surface area contributed by atoms with E-state index in [2.05, 4.69) is 5.32 Å².